The molecule has 0 radical (unpaired) electrons. The van der Waals surface area contributed by atoms with Crippen LogP contribution in [0.15, 0.2) is 30.3 Å². The van der Waals surface area contributed by atoms with Crippen molar-refractivity contribution in [2.24, 2.45) is 0 Å². The molecule has 2 amide bonds. The zero-order chi connectivity index (χ0) is 13.7. The molecular formula is C14H18N2O3. The Morgan fingerprint density at radius 3 is 2.79 bits per heavy atom. The molecule has 1 heterocycles. The first-order chi connectivity index (χ1) is 9.15. The van der Waals surface area contributed by atoms with Gasteiger partial charge in [-0.3, -0.25) is 9.59 Å². The van der Waals surface area contributed by atoms with Crippen molar-refractivity contribution < 1.29 is 14.3 Å². The van der Waals surface area contributed by atoms with Crippen molar-refractivity contribution in [2.75, 3.05) is 6.54 Å². The van der Waals surface area contributed by atoms with Crippen LogP contribution >= 0.6 is 0 Å². The van der Waals surface area contributed by atoms with Gasteiger partial charge in [-0.1, -0.05) is 18.2 Å². The number of ether oxygens (including phenoxy) is 1. The Balaban J connectivity index is 1.81. The van der Waals surface area contributed by atoms with Gasteiger partial charge in [-0.2, -0.15) is 0 Å². The van der Waals surface area contributed by atoms with Crippen LogP contribution in [0.3, 0.4) is 0 Å². The summed E-state index contributed by atoms with van der Waals surface area (Å²) in [6, 6.07) is 9.22. The van der Waals surface area contributed by atoms with Crippen molar-refractivity contribution in [3.63, 3.8) is 0 Å². The van der Waals surface area contributed by atoms with Crippen LogP contribution in [0.5, 0.6) is 5.75 Å². The molecule has 0 aromatic heterocycles. The molecule has 0 spiro atoms. The molecule has 2 atom stereocenters. The number of rotatable bonds is 4. The highest BCUT2D eigenvalue weighted by atomic mass is 16.5. The Labute approximate surface area is 112 Å². The second-order valence-corrected chi connectivity index (χ2v) is 4.62. The fourth-order valence-electron chi connectivity index (χ4n) is 1.93. The molecule has 2 N–H and O–H groups in total. The number of carbonyl (C=O) groups is 2. The molecule has 1 aliphatic heterocycles. The maximum absolute atomic E-state index is 11.9. The van der Waals surface area contributed by atoms with Crippen molar-refractivity contribution in [3.8, 4) is 5.75 Å². The van der Waals surface area contributed by atoms with Gasteiger partial charge in [0.1, 0.15) is 5.75 Å². The average molecular weight is 262 g/mol. The number of nitrogens with one attached hydrogen (secondary N) is 2. The monoisotopic (exact) mass is 262 g/mol. The van der Waals surface area contributed by atoms with Gasteiger partial charge in [-0.25, -0.2) is 0 Å². The third-order valence-electron chi connectivity index (χ3n) is 3.04. The van der Waals surface area contributed by atoms with Gasteiger partial charge in [-0.15, -0.1) is 0 Å². The van der Waals surface area contributed by atoms with Crippen LogP contribution in [-0.4, -0.2) is 30.5 Å². The van der Waals surface area contributed by atoms with E-state index in [2.05, 4.69) is 10.6 Å². The first-order valence-electron chi connectivity index (χ1n) is 6.44. The zero-order valence-corrected chi connectivity index (χ0v) is 10.9. The first-order valence-corrected chi connectivity index (χ1v) is 6.44. The first kappa shape index (κ1) is 13.4. The topological polar surface area (TPSA) is 67.4 Å². The highest BCUT2D eigenvalue weighted by Gasteiger charge is 2.22. The second kappa shape index (κ2) is 6.22. The predicted molar refractivity (Wildman–Crippen MR) is 70.7 cm³/mol. The molecule has 2 rings (SSSR count). The van der Waals surface area contributed by atoms with Crippen LogP contribution in [0, 0.1) is 0 Å². The maximum atomic E-state index is 11.9. The molecule has 1 aliphatic rings. The van der Waals surface area contributed by atoms with E-state index in [4.69, 9.17) is 4.74 Å². The van der Waals surface area contributed by atoms with Crippen LogP contribution in [-0.2, 0) is 9.59 Å². The van der Waals surface area contributed by atoms with Crippen LogP contribution < -0.4 is 15.4 Å². The van der Waals surface area contributed by atoms with Crippen LogP contribution in [0.2, 0.25) is 0 Å². The summed E-state index contributed by atoms with van der Waals surface area (Å²) in [6.45, 7) is 2.20. The van der Waals surface area contributed by atoms with E-state index in [1.807, 2.05) is 30.3 Å². The number of para-hydroxylation sites is 1. The molecule has 1 saturated heterocycles. The summed E-state index contributed by atoms with van der Waals surface area (Å²) in [5, 5.41) is 5.61. The lowest BCUT2D eigenvalue weighted by molar-refractivity contribution is -0.129. The summed E-state index contributed by atoms with van der Waals surface area (Å²) < 4.78 is 5.54. The fraction of sp³-hybridized carbons (Fsp3) is 0.429. The van der Waals surface area contributed by atoms with E-state index in [9.17, 15) is 9.59 Å². The predicted octanol–water partition coefficient (Wildman–Crippen LogP) is 0.849. The molecule has 5 heteroatoms. The van der Waals surface area contributed by atoms with Gasteiger partial charge < -0.3 is 15.4 Å². The van der Waals surface area contributed by atoms with Gasteiger partial charge in [0.25, 0.3) is 5.91 Å². The van der Waals surface area contributed by atoms with E-state index in [0.717, 1.165) is 0 Å². The molecule has 0 bridgehead atoms. The molecule has 2 unspecified atom stereocenters. The molecule has 1 aromatic carbocycles. The lowest BCUT2D eigenvalue weighted by Crippen LogP contribution is -2.50. The lowest BCUT2D eigenvalue weighted by Gasteiger charge is -2.25. The minimum absolute atomic E-state index is 0.00739. The van der Waals surface area contributed by atoms with E-state index in [0.29, 0.717) is 25.1 Å². The van der Waals surface area contributed by atoms with E-state index in [1.165, 1.54) is 0 Å². The quantitative estimate of drug-likeness (QED) is 0.845. The zero-order valence-electron chi connectivity index (χ0n) is 10.9. The van der Waals surface area contributed by atoms with E-state index >= 15 is 0 Å². The Morgan fingerprint density at radius 1 is 1.42 bits per heavy atom. The Kier molecular flexibility index (Phi) is 4.39. The van der Waals surface area contributed by atoms with Crippen molar-refractivity contribution in [2.45, 2.75) is 31.9 Å². The van der Waals surface area contributed by atoms with Gasteiger partial charge >= 0.3 is 0 Å². The molecule has 102 valence electrons. The van der Waals surface area contributed by atoms with Crippen molar-refractivity contribution >= 4 is 11.8 Å². The van der Waals surface area contributed by atoms with Gasteiger partial charge in [-0.05, 0) is 25.5 Å². The fourth-order valence-corrected chi connectivity index (χ4v) is 1.93. The standard InChI is InChI=1S/C14H18N2O3/c1-10(19-12-5-3-2-4-6-12)14(18)16-11-7-8-13(17)15-9-11/h2-6,10-11H,7-9H2,1H3,(H,15,17)(H,16,18). The summed E-state index contributed by atoms with van der Waals surface area (Å²) in [4.78, 5) is 23.0. The Bertz CT molecular complexity index is 437. The molecule has 5 nitrogen and oxygen atoms in total. The minimum atomic E-state index is -0.556. The molecule has 19 heavy (non-hydrogen) atoms. The number of piperidine rings is 1. The SMILES string of the molecule is CC(Oc1ccccc1)C(=O)NC1CCC(=O)NC1. The summed E-state index contributed by atoms with van der Waals surface area (Å²) in [5.74, 6) is 0.547. The Morgan fingerprint density at radius 2 is 2.16 bits per heavy atom. The number of benzene rings is 1. The second-order valence-electron chi connectivity index (χ2n) is 4.62. The number of hydrogen-bond donors (Lipinski definition) is 2. The molecule has 1 aromatic rings. The van der Waals surface area contributed by atoms with Crippen LogP contribution in [0.1, 0.15) is 19.8 Å². The van der Waals surface area contributed by atoms with E-state index in [-0.39, 0.29) is 17.9 Å². The highest BCUT2D eigenvalue weighted by molar-refractivity contribution is 5.82. The highest BCUT2D eigenvalue weighted by Crippen LogP contribution is 2.11. The lowest BCUT2D eigenvalue weighted by atomic mass is 10.1. The molecular weight excluding hydrogens is 244 g/mol. The number of hydrogen-bond acceptors (Lipinski definition) is 3. The van der Waals surface area contributed by atoms with E-state index < -0.39 is 6.10 Å². The molecule has 1 fully saturated rings. The maximum Gasteiger partial charge on any atom is 0.261 e. The summed E-state index contributed by atoms with van der Waals surface area (Å²) in [5.41, 5.74) is 0. The average Bonchev–Trinajstić information content (AvgIpc) is 2.42. The van der Waals surface area contributed by atoms with Gasteiger partial charge in [0.05, 0.1) is 0 Å². The summed E-state index contributed by atoms with van der Waals surface area (Å²) in [7, 11) is 0. The van der Waals surface area contributed by atoms with Crippen LogP contribution in [0.4, 0.5) is 0 Å². The molecule has 0 saturated carbocycles. The van der Waals surface area contributed by atoms with Crippen molar-refractivity contribution in [3.05, 3.63) is 30.3 Å². The van der Waals surface area contributed by atoms with Crippen molar-refractivity contribution in [1.29, 1.82) is 0 Å². The van der Waals surface area contributed by atoms with E-state index in [1.54, 1.807) is 6.92 Å². The van der Waals surface area contributed by atoms with Gasteiger partial charge in [0.15, 0.2) is 6.10 Å². The van der Waals surface area contributed by atoms with Crippen LogP contribution in [0.25, 0.3) is 0 Å². The Hall–Kier alpha value is -2.04. The normalized spacial score (nSPS) is 20.3. The minimum Gasteiger partial charge on any atom is -0.481 e. The summed E-state index contributed by atoms with van der Waals surface area (Å²) in [6.07, 6.45) is 0.578. The summed E-state index contributed by atoms with van der Waals surface area (Å²) >= 11 is 0. The third kappa shape index (κ3) is 3.98. The molecule has 0 aliphatic carbocycles. The van der Waals surface area contributed by atoms with Crippen molar-refractivity contribution in [1.82, 2.24) is 10.6 Å². The number of amides is 2. The number of carbonyl (C=O) groups excluding carboxylic acids is 2. The van der Waals surface area contributed by atoms with Gasteiger partial charge in [0.2, 0.25) is 5.91 Å². The largest absolute Gasteiger partial charge is 0.481 e. The van der Waals surface area contributed by atoms with Gasteiger partial charge in [0, 0.05) is 19.0 Å². The third-order valence-corrected chi connectivity index (χ3v) is 3.04. The smallest absolute Gasteiger partial charge is 0.261 e.